The van der Waals surface area contributed by atoms with Crippen molar-refractivity contribution in [1.29, 1.82) is 0 Å². The quantitative estimate of drug-likeness (QED) is 0.130. The molecule has 4 aromatic rings. The SMILES string of the molecule is Cc1ccc2nc(N3C(=O)C(=O)C(=C(O)c4ccc5c(c4)OCCO5)[C@H]3c3ccc([N+](=O)[O-])cc3)sc2c1. The lowest BCUT2D eigenvalue weighted by atomic mass is 9.95. The van der Waals surface area contributed by atoms with Gasteiger partial charge in [0.25, 0.3) is 11.5 Å². The molecule has 1 atom stereocenters. The van der Waals surface area contributed by atoms with Crippen LogP contribution in [0.15, 0.2) is 66.2 Å². The number of ketones is 1. The van der Waals surface area contributed by atoms with Crippen LogP contribution in [-0.2, 0) is 9.59 Å². The number of carbonyl (C=O) groups is 2. The summed E-state index contributed by atoms with van der Waals surface area (Å²) in [5, 5.41) is 22.9. The fraction of sp³-hybridized carbons (Fsp3) is 0.148. The number of non-ortho nitro benzene ring substituents is 1. The third-order valence-electron chi connectivity index (χ3n) is 6.42. The summed E-state index contributed by atoms with van der Waals surface area (Å²) >= 11 is 1.24. The molecule has 3 heterocycles. The highest BCUT2D eigenvalue weighted by Crippen LogP contribution is 2.45. The molecular weight excluding hydrogens is 510 g/mol. The molecule has 38 heavy (non-hydrogen) atoms. The van der Waals surface area contributed by atoms with Crippen molar-refractivity contribution in [1.82, 2.24) is 4.98 Å². The van der Waals surface area contributed by atoms with Gasteiger partial charge in [0.1, 0.15) is 19.0 Å². The Morgan fingerprint density at radius 3 is 2.53 bits per heavy atom. The fourth-order valence-electron chi connectivity index (χ4n) is 4.59. The minimum Gasteiger partial charge on any atom is -0.507 e. The van der Waals surface area contributed by atoms with Crippen LogP contribution >= 0.6 is 11.3 Å². The van der Waals surface area contributed by atoms with E-state index < -0.39 is 28.4 Å². The van der Waals surface area contributed by atoms with Crippen molar-refractivity contribution >= 4 is 49.8 Å². The summed E-state index contributed by atoms with van der Waals surface area (Å²) in [6.45, 7) is 2.67. The number of nitrogens with zero attached hydrogens (tertiary/aromatic N) is 3. The van der Waals surface area contributed by atoms with Crippen molar-refractivity contribution in [3.8, 4) is 11.5 Å². The van der Waals surface area contributed by atoms with Crippen molar-refractivity contribution in [2.24, 2.45) is 0 Å². The molecule has 0 bridgehead atoms. The van der Waals surface area contributed by atoms with E-state index in [2.05, 4.69) is 4.98 Å². The molecule has 0 radical (unpaired) electrons. The van der Waals surface area contributed by atoms with Gasteiger partial charge in [-0.3, -0.25) is 24.6 Å². The number of aryl methyl sites for hydroxylation is 1. The number of Topliss-reactive ketones (excluding diaryl/α,β-unsaturated/α-hetero) is 1. The second-order valence-electron chi connectivity index (χ2n) is 8.84. The standard InChI is InChI=1S/C27H19N3O7S/c1-14-2-8-18-21(12-14)38-27(28-18)29-23(15-3-6-17(7-4-15)30(34)35)22(25(32)26(29)33)24(31)16-5-9-19-20(13-16)37-11-10-36-19/h2-9,12-13,23,31H,10-11H2,1H3/t23-/m1/s1. The van der Waals surface area contributed by atoms with E-state index in [1.165, 1.54) is 40.5 Å². The summed E-state index contributed by atoms with van der Waals surface area (Å²) in [6.07, 6.45) is 0. The second kappa shape index (κ2) is 8.96. The lowest BCUT2D eigenvalue weighted by Gasteiger charge is -2.23. The molecule has 2 aliphatic heterocycles. The monoisotopic (exact) mass is 529 g/mol. The van der Waals surface area contributed by atoms with E-state index in [0.29, 0.717) is 35.8 Å². The Bertz CT molecular complexity index is 1680. The first kappa shape index (κ1) is 23.6. The molecule has 3 aromatic carbocycles. The third kappa shape index (κ3) is 3.84. The van der Waals surface area contributed by atoms with Crippen molar-refractivity contribution < 1.29 is 29.1 Å². The number of aliphatic hydroxyl groups is 1. The molecule has 1 aromatic heterocycles. The molecule has 2 aliphatic rings. The topological polar surface area (TPSA) is 132 Å². The average Bonchev–Trinajstić information content (AvgIpc) is 3.45. The first-order chi connectivity index (χ1) is 18.3. The normalized spacial score (nSPS) is 18.2. The highest BCUT2D eigenvalue weighted by Gasteiger charge is 2.48. The van der Waals surface area contributed by atoms with Crippen LogP contribution in [0.3, 0.4) is 0 Å². The van der Waals surface area contributed by atoms with Gasteiger partial charge in [0.15, 0.2) is 16.6 Å². The molecule has 1 amide bonds. The third-order valence-corrected chi connectivity index (χ3v) is 7.44. The highest BCUT2D eigenvalue weighted by atomic mass is 32.1. The number of nitro benzene ring substituents is 1. The molecule has 1 saturated heterocycles. The lowest BCUT2D eigenvalue weighted by molar-refractivity contribution is -0.384. The number of nitro groups is 1. The number of anilines is 1. The van der Waals surface area contributed by atoms with Gasteiger partial charge < -0.3 is 14.6 Å². The van der Waals surface area contributed by atoms with Gasteiger partial charge in [0.05, 0.1) is 26.8 Å². The minimum absolute atomic E-state index is 0.145. The van der Waals surface area contributed by atoms with E-state index in [0.717, 1.165) is 10.3 Å². The highest BCUT2D eigenvalue weighted by molar-refractivity contribution is 7.22. The van der Waals surface area contributed by atoms with Crippen LogP contribution < -0.4 is 14.4 Å². The first-order valence-corrected chi connectivity index (χ1v) is 12.5. The molecule has 0 unspecified atom stereocenters. The minimum atomic E-state index is -1.06. The molecule has 11 heteroatoms. The number of amides is 1. The van der Waals surface area contributed by atoms with E-state index in [9.17, 15) is 24.8 Å². The van der Waals surface area contributed by atoms with Crippen LogP contribution in [-0.4, -0.2) is 39.9 Å². The van der Waals surface area contributed by atoms with E-state index in [1.54, 1.807) is 18.2 Å². The molecule has 10 nitrogen and oxygen atoms in total. The smallest absolute Gasteiger partial charge is 0.301 e. The van der Waals surface area contributed by atoms with Gasteiger partial charge in [-0.05, 0) is 60.5 Å². The van der Waals surface area contributed by atoms with Crippen LogP contribution in [0.4, 0.5) is 10.8 Å². The van der Waals surface area contributed by atoms with Gasteiger partial charge in [-0.1, -0.05) is 17.4 Å². The van der Waals surface area contributed by atoms with Gasteiger partial charge in [0.2, 0.25) is 0 Å². The Labute approximate surface area is 219 Å². The van der Waals surface area contributed by atoms with E-state index in [-0.39, 0.29) is 22.0 Å². The predicted molar refractivity (Wildman–Crippen MR) is 140 cm³/mol. The van der Waals surface area contributed by atoms with Gasteiger partial charge >= 0.3 is 5.91 Å². The molecule has 1 N–H and O–H groups in total. The molecule has 0 aliphatic carbocycles. The summed E-state index contributed by atoms with van der Waals surface area (Å²) in [6, 6.07) is 14.9. The lowest BCUT2D eigenvalue weighted by Crippen LogP contribution is -2.29. The zero-order valence-electron chi connectivity index (χ0n) is 19.9. The Balaban J connectivity index is 1.53. The number of benzene rings is 3. The van der Waals surface area contributed by atoms with Crippen molar-refractivity contribution in [2.45, 2.75) is 13.0 Å². The largest absolute Gasteiger partial charge is 0.507 e. The van der Waals surface area contributed by atoms with Crippen LogP contribution in [0.1, 0.15) is 22.7 Å². The van der Waals surface area contributed by atoms with Crippen molar-refractivity contribution in [3.63, 3.8) is 0 Å². The van der Waals surface area contributed by atoms with E-state index in [4.69, 9.17) is 9.47 Å². The van der Waals surface area contributed by atoms with E-state index >= 15 is 0 Å². The molecule has 6 rings (SSSR count). The van der Waals surface area contributed by atoms with Crippen LogP contribution in [0.2, 0.25) is 0 Å². The van der Waals surface area contributed by atoms with Gasteiger partial charge in [0, 0.05) is 17.7 Å². The van der Waals surface area contributed by atoms with Crippen LogP contribution in [0.5, 0.6) is 11.5 Å². The van der Waals surface area contributed by atoms with Crippen molar-refractivity contribution in [2.75, 3.05) is 18.1 Å². The zero-order chi connectivity index (χ0) is 26.6. The zero-order valence-corrected chi connectivity index (χ0v) is 20.7. The molecule has 0 saturated carbocycles. The summed E-state index contributed by atoms with van der Waals surface area (Å²) in [5.41, 5.74) is 2.04. The van der Waals surface area contributed by atoms with Gasteiger partial charge in [-0.15, -0.1) is 0 Å². The molecular formula is C27H19N3O7S. The predicted octanol–water partition coefficient (Wildman–Crippen LogP) is 4.91. The van der Waals surface area contributed by atoms with E-state index in [1.807, 2.05) is 25.1 Å². The number of aliphatic hydroxyl groups excluding tert-OH is 1. The molecule has 0 spiro atoms. The Hall–Kier alpha value is -4.77. The number of hydrogen-bond donors (Lipinski definition) is 1. The Morgan fingerprint density at radius 2 is 1.79 bits per heavy atom. The number of thiazole rings is 1. The van der Waals surface area contributed by atoms with Crippen LogP contribution in [0.25, 0.3) is 16.0 Å². The number of carbonyl (C=O) groups excluding carboxylic acids is 2. The fourth-order valence-corrected chi connectivity index (χ4v) is 5.68. The number of fused-ring (bicyclic) bond motifs is 2. The first-order valence-electron chi connectivity index (χ1n) is 11.6. The summed E-state index contributed by atoms with van der Waals surface area (Å²) in [7, 11) is 0. The average molecular weight is 530 g/mol. The summed E-state index contributed by atoms with van der Waals surface area (Å²) in [4.78, 5) is 43.4. The molecule has 1 fully saturated rings. The van der Waals surface area contributed by atoms with Gasteiger partial charge in [-0.2, -0.15) is 0 Å². The summed E-state index contributed by atoms with van der Waals surface area (Å²) in [5.74, 6) is -1.24. The maximum Gasteiger partial charge on any atom is 0.301 e. The maximum absolute atomic E-state index is 13.4. The number of ether oxygens (including phenoxy) is 2. The van der Waals surface area contributed by atoms with Gasteiger partial charge in [-0.25, -0.2) is 4.98 Å². The molecule has 190 valence electrons. The van der Waals surface area contributed by atoms with Crippen molar-refractivity contribution in [3.05, 3.63) is 93.0 Å². The number of rotatable bonds is 4. The van der Waals surface area contributed by atoms with Crippen LogP contribution in [0, 0.1) is 17.0 Å². The Kier molecular flexibility index (Phi) is 5.57. The summed E-state index contributed by atoms with van der Waals surface area (Å²) < 4.78 is 12.0. The number of hydrogen-bond acceptors (Lipinski definition) is 9. The second-order valence-corrected chi connectivity index (χ2v) is 9.85. The maximum atomic E-state index is 13.4. The number of aromatic nitrogens is 1. The Morgan fingerprint density at radius 1 is 1.05 bits per heavy atom.